The first kappa shape index (κ1) is 36.7. The van der Waals surface area contributed by atoms with Crippen molar-refractivity contribution < 1.29 is 0 Å². The molecule has 0 spiro atoms. The molecule has 0 N–H and O–H groups in total. The minimum Gasteiger partial charge on any atom is -0.247 e. The molecule has 294 valence electrons. The van der Waals surface area contributed by atoms with E-state index in [2.05, 4.69) is 206 Å². The third-order valence-electron chi connectivity index (χ3n) is 11.9. The molecule has 5 heteroatoms. The number of nitrogens with zero attached hydrogens (tertiary/aromatic N) is 4. The summed E-state index contributed by atoms with van der Waals surface area (Å²) in [6.45, 7) is 0. The van der Waals surface area contributed by atoms with Gasteiger partial charge in [-0.3, -0.25) is 0 Å². The van der Waals surface area contributed by atoms with Gasteiger partial charge in [0.05, 0.1) is 11.2 Å². The van der Waals surface area contributed by atoms with Crippen molar-refractivity contribution in [3.63, 3.8) is 0 Å². The summed E-state index contributed by atoms with van der Waals surface area (Å²) in [5.41, 5.74) is 12.6. The summed E-state index contributed by atoms with van der Waals surface area (Å²) >= 11 is 1.84. The van der Waals surface area contributed by atoms with Crippen LogP contribution in [-0.2, 0) is 0 Å². The number of benzene rings is 9. The van der Waals surface area contributed by atoms with Crippen LogP contribution < -0.4 is 0 Å². The molecule has 0 radical (unpaired) electrons. The Morgan fingerprint density at radius 1 is 0.302 bits per heavy atom. The van der Waals surface area contributed by atoms with E-state index in [1.54, 1.807) is 0 Å². The first-order valence-corrected chi connectivity index (χ1v) is 21.9. The first-order chi connectivity index (χ1) is 31.2. The number of pyridine rings is 1. The van der Waals surface area contributed by atoms with Gasteiger partial charge in [0.1, 0.15) is 0 Å². The molecule has 0 aliphatic rings. The molecule has 0 saturated heterocycles. The Balaban J connectivity index is 0.981. The molecule has 0 fully saturated rings. The van der Waals surface area contributed by atoms with Gasteiger partial charge < -0.3 is 0 Å². The highest BCUT2D eigenvalue weighted by molar-refractivity contribution is 7.26. The first-order valence-electron chi connectivity index (χ1n) is 21.1. The van der Waals surface area contributed by atoms with Crippen molar-refractivity contribution in [1.82, 2.24) is 19.9 Å². The van der Waals surface area contributed by atoms with Crippen molar-refractivity contribution >= 4 is 53.2 Å². The lowest BCUT2D eigenvalue weighted by atomic mass is 9.96. The summed E-state index contributed by atoms with van der Waals surface area (Å²) in [6, 6.07) is 76.8. The fourth-order valence-corrected chi connectivity index (χ4v) is 9.99. The van der Waals surface area contributed by atoms with Crippen molar-refractivity contribution in [2.24, 2.45) is 0 Å². The minimum absolute atomic E-state index is 0.611. The maximum Gasteiger partial charge on any atom is 0.164 e. The minimum atomic E-state index is 0.611. The Labute approximate surface area is 368 Å². The second kappa shape index (κ2) is 15.4. The van der Waals surface area contributed by atoms with Crippen LogP contribution in [0.1, 0.15) is 0 Å². The molecule has 0 unspecified atom stereocenters. The zero-order valence-corrected chi connectivity index (χ0v) is 34.8. The number of fused-ring (bicyclic) bond motifs is 6. The van der Waals surface area contributed by atoms with Gasteiger partial charge in [0.25, 0.3) is 0 Å². The second-order valence-electron chi connectivity index (χ2n) is 15.8. The summed E-state index contributed by atoms with van der Waals surface area (Å²) in [4.78, 5) is 20.9. The van der Waals surface area contributed by atoms with Gasteiger partial charge >= 0.3 is 0 Å². The van der Waals surface area contributed by atoms with Crippen LogP contribution in [0, 0.1) is 0 Å². The SMILES string of the molecule is c1ccc(-c2ccc(-c3nc(-c4ccc(-c5ccccc5)cc4)nc(-c4cccc(-c5ccc6c(c5)nc(-c5cccc7ccccc57)c5c7ccccc7sc65)c4)n3)cc2)cc1. The van der Waals surface area contributed by atoms with Crippen molar-refractivity contribution in [2.75, 3.05) is 0 Å². The third-order valence-corrected chi connectivity index (χ3v) is 13.1. The number of rotatable bonds is 7. The lowest BCUT2D eigenvalue weighted by molar-refractivity contribution is 1.07. The average molecular weight is 821 g/mol. The van der Waals surface area contributed by atoms with Crippen LogP contribution in [0.5, 0.6) is 0 Å². The molecule has 12 aromatic rings. The Morgan fingerprint density at radius 2 is 0.778 bits per heavy atom. The lowest BCUT2D eigenvalue weighted by Gasteiger charge is -2.12. The van der Waals surface area contributed by atoms with Gasteiger partial charge in [0.2, 0.25) is 0 Å². The summed E-state index contributed by atoms with van der Waals surface area (Å²) in [7, 11) is 0. The molecule has 3 heterocycles. The Hall–Kier alpha value is -8.12. The average Bonchev–Trinajstić information content (AvgIpc) is 3.76. The Morgan fingerprint density at radius 3 is 1.46 bits per heavy atom. The monoisotopic (exact) mass is 820 g/mol. The lowest BCUT2D eigenvalue weighted by Crippen LogP contribution is -2.00. The summed E-state index contributed by atoms with van der Waals surface area (Å²) in [6.07, 6.45) is 0. The van der Waals surface area contributed by atoms with Crippen molar-refractivity contribution in [1.29, 1.82) is 0 Å². The molecule has 63 heavy (non-hydrogen) atoms. The van der Waals surface area contributed by atoms with Crippen LogP contribution in [0.15, 0.2) is 218 Å². The fraction of sp³-hybridized carbons (Fsp3) is 0. The highest BCUT2D eigenvalue weighted by Crippen LogP contribution is 2.45. The number of aromatic nitrogens is 4. The van der Waals surface area contributed by atoms with Crippen LogP contribution in [0.4, 0.5) is 0 Å². The Kier molecular flexibility index (Phi) is 8.98. The van der Waals surface area contributed by atoms with E-state index in [0.29, 0.717) is 17.5 Å². The van der Waals surface area contributed by atoms with Crippen LogP contribution in [0.25, 0.3) is 121 Å². The molecule has 0 aliphatic heterocycles. The summed E-state index contributed by atoms with van der Waals surface area (Å²) in [5, 5.41) is 6.00. The fourth-order valence-electron chi connectivity index (χ4n) is 8.75. The highest BCUT2D eigenvalue weighted by atomic mass is 32.1. The van der Waals surface area contributed by atoms with Gasteiger partial charge in [-0.15, -0.1) is 11.3 Å². The smallest absolute Gasteiger partial charge is 0.164 e. The topological polar surface area (TPSA) is 51.6 Å². The zero-order chi connectivity index (χ0) is 41.7. The molecule has 0 saturated carbocycles. The molecule has 0 amide bonds. The van der Waals surface area contributed by atoms with E-state index >= 15 is 0 Å². The predicted molar refractivity (Wildman–Crippen MR) is 264 cm³/mol. The van der Waals surface area contributed by atoms with Crippen LogP contribution in [-0.4, -0.2) is 19.9 Å². The van der Waals surface area contributed by atoms with Crippen LogP contribution in [0.3, 0.4) is 0 Å². The third kappa shape index (κ3) is 6.72. The largest absolute Gasteiger partial charge is 0.247 e. The van der Waals surface area contributed by atoms with E-state index in [1.165, 1.54) is 42.1 Å². The predicted octanol–water partition coefficient (Wildman–Crippen LogP) is 15.6. The molecule has 12 rings (SSSR count). The van der Waals surface area contributed by atoms with Crippen molar-refractivity contribution in [3.8, 4) is 78.8 Å². The van der Waals surface area contributed by atoms with E-state index in [9.17, 15) is 0 Å². The van der Waals surface area contributed by atoms with Gasteiger partial charge in [-0.1, -0.05) is 200 Å². The molecule has 4 nitrogen and oxygen atoms in total. The van der Waals surface area contributed by atoms with Gasteiger partial charge in [-0.05, 0) is 62.4 Å². The number of thiophene rings is 1. The number of hydrogen-bond acceptors (Lipinski definition) is 5. The Bertz CT molecular complexity index is 3550. The molecule has 0 aliphatic carbocycles. The van der Waals surface area contributed by atoms with Crippen molar-refractivity contribution in [2.45, 2.75) is 0 Å². The second-order valence-corrected chi connectivity index (χ2v) is 16.8. The molecule has 9 aromatic carbocycles. The molecule has 3 aromatic heterocycles. The zero-order valence-electron chi connectivity index (χ0n) is 34.0. The van der Waals surface area contributed by atoms with E-state index < -0.39 is 0 Å². The summed E-state index contributed by atoms with van der Waals surface area (Å²) in [5.74, 6) is 1.85. The van der Waals surface area contributed by atoms with E-state index in [-0.39, 0.29) is 0 Å². The molecule has 0 atom stereocenters. The van der Waals surface area contributed by atoms with Gasteiger partial charge in [-0.2, -0.15) is 0 Å². The highest BCUT2D eigenvalue weighted by Gasteiger charge is 2.19. The van der Waals surface area contributed by atoms with Crippen LogP contribution in [0.2, 0.25) is 0 Å². The van der Waals surface area contributed by atoms with E-state index in [1.807, 2.05) is 23.5 Å². The molecule has 0 bridgehead atoms. The standard InChI is InChI=1S/C58H36N4S/c1-3-13-37(14-4-1)39-25-29-42(30-26-39)56-60-57(43-31-27-40(28-32-43)38-15-5-2-6-16-38)62-58(61-56)46-20-11-19-44(35-46)45-33-34-49-51(36-45)59-54(48-23-12-18-41-17-7-8-21-47(41)48)53-50-22-9-10-24-52(50)63-55(49)53/h1-36H. The maximum atomic E-state index is 5.53. The van der Waals surface area contributed by atoms with Crippen molar-refractivity contribution in [3.05, 3.63) is 218 Å². The quantitative estimate of drug-likeness (QED) is 0.161. The van der Waals surface area contributed by atoms with Gasteiger partial charge in [-0.25, -0.2) is 19.9 Å². The van der Waals surface area contributed by atoms with E-state index in [4.69, 9.17) is 19.9 Å². The van der Waals surface area contributed by atoms with E-state index in [0.717, 1.165) is 61.1 Å². The van der Waals surface area contributed by atoms with Gasteiger partial charge in [0, 0.05) is 47.8 Å². The molecular formula is C58H36N4S. The van der Waals surface area contributed by atoms with Gasteiger partial charge in [0.15, 0.2) is 17.5 Å². The summed E-state index contributed by atoms with van der Waals surface area (Å²) < 4.78 is 2.51. The molecular weight excluding hydrogens is 785 g/mol. The normalized spacial score (nSPS) is 11.5. The number of hydrogen-bond donors (Lipinski definition) is 0. The van der Waals surface area contributed by atoms with Crippen LogP contribution >= 0.6 is 11.3 Å². The maximum absolute atomic E-state index is 5.53.